The highest BCUT2D eigenvalue weighted by atomic mass is 35.5. The predicted octanol–water partition coefficient (Wildman–Crippen LogP) is 2.05. The third-order valence-electron chi connectivity index (χ3n) is 4.41. The molecule has 2 aliphatic heterocycles. The maximum atomic E-state index is 10.8. The number of fused-ring (bicyclic) bond motifs is 2. The van der Waals surface area contributed by atoms with Crippen LogP contribution >= 0.6 is 11.6 Å². The van der Waals surface area contributed by atoms with E-state index in [1.165, 1.54) is 11.8 Å². The first-order valence-corrected chi connectivity index (χ1v) is 8.07. The van der Waals surface area contributed by atoms with Crippen LogP contribution in [0.15, 0.2) is 18.3 Å². The first-order chi connectivity index (χ1) is 11.4. The molecule has 4 heterocycles. The van der Waals surface area contributed by atoms with E-state index in [9.17, 15) is 10.1 Å². The summed E-state index contributed by atoms with van der Waals surface area (Å²) in [6.45, 7) is 4.93. The van der Waals surface area contributed by atoms with Gasteiger partial charge in [-0.25, -0.2) is 4.98 Å². The normalized spacial score (nSPS) is 22.8. The van der Waals surface area contributed by atoms with Crippen LogP contribution in [-0.4, -0.2) is 43.0 Å². The minimum Gasteiger partial charge on any atom is -0.436 e. The summed E-state index contributed by atoms with van der Waals surface area (Å²) >= 11 is 5.94. The van der Waals surface area contributed by atoms with E-state index in [0.29, 0.717) is 24.3 Å². The summed E-state index contributed by atoms with van der Waals surface area (Å²) in [4.78, 5) is 20.9. The molecule has 0 unspecified atom stereocenters. The molecule has 4 rings (SSSR count). The Hall–Kier alpha value is -2.19. The minimum absolute atomic E-state index is 0.179. The monoisotopic (exact) mass is 349 g/mol. The summed E-state index contributed by atoms with van der Waals surface area (Å²) in [5.41, 5.74) is 1.79. The number of pyridine rings is 1. The van der Waals surface area contributed by atoms with Crippen molar-refractivity contribution in [2.24, 2.45) is 0 Å². The molecule has 0 saturated carbocycles. The fourth-order valence-corrected chi connectivity index (χ4v) is 3.58. The van der Waals surface area contributed by atoms with Crippen molar-refractivity contribution in [2.45, 2.75) is 32.0 Å². The number of rotatable bonds is 3. The maximum Gasteiger partial charge on any atom is 0.415 e. The zero-order chi connectivity index (χ0) is 16.9. The third-order valence-corrected chi connectivity index (χ3v) is 4.62. The molecule has 0 spiro atoms. The van der Waals surface area contributed by atoms with Crippen molar-refractivity contribution in [3.05, 3.63) is 44.9 Å². The van der Waals surface area contributed by atoms with E-state index < -0.39 is 10.5 Å². The molecule has 0 N–H and O–H groups in total. The molecule has 0 radical (unpaired) electrons. The number of nitro groups is 1. The van der Waals surface area contributed by atoms with Gasteiger partial charge in [0.1, 0.15) is 17.0 Å². The molecule has 0 saturated heterocycles. The quantitative estimate of drug-likeness (QED) is 0.479. The number of nitrogens with zero attached hydrogens (tertiary/aromatic N) is 5. The van der Waals surface area contributed by atoms with E-state index >= 15 is 0 Å². The van der Waals surface area contributed by atoms with Gasteiger partial charge in [0.05, 0.1) is 6.54 Å². The fourth-order valence-electron chi connectivity index (χ4n) is 3.42. The second-order valence-electron chi connectivity index (χ2n) is 6.52. The molecule has 0 fully saturated rings. The summed E-state index contributed by atoms with van der Waals surface area (Å²) in [5.74, 6) is -0.179. The largest absolute Gasteiger partial charge is 0.436 e. The molecule has 24 heavy (non-hydrogen) atoms. The topological polar surface area (TPSA) is 86.3 Å². The van der Waals surface area contributed by atoms with Crippen LogP contribution in [0.2, 0.25) is 5.15 Å². The maximum absolute atomic E-state index is 10.8. The van der Waals surface area contributed by atoms with E-state index in [2.05, 4.69) is 14.9 Å². The van der Waals surface area contributed by atoms with Crippen molar-refractivity contribution in [1.82, 2.24) is 19.4 Å². The van der Waals surface area contributed by atoms with Crippen LogP contribution < -0.4 is 4.74 Å². The second-order valence-corrected chi connectivity index (χ2v) is 6.91. The number of aromatic nitrogens is 3. The second kappa shape index (κ2) is 5.42. The van der Waals surface area contributed by atoms with Crippen LogP contribution in [0.3, 0.4) is 0 Å². The van der Waals surface area contributed by atoms with Gasteiger partial charge in [0.25, 0.3) is 0 Å². The molecule has 0 amide bonds. The first-order valence-electron chi connectivity index (χ1n) is 7.69. The number of hydrogen-bond donors (Lipinski definition) is 0. The molecule has 0 aromatic carbocycles. The lowest BCUT2D eigenvalue weighted by atomic mass is 10.0. The average Bonchev–Trinajstić information content (AvgIpc) is 3.02. The molecule has 126 valence electrons. The Morgan fingerprint density at radius 3 is 3.04 bits per heavy atom. The van der Waals surface area contributed by atoms with Crippen molar-refractivity contribution in [3.63, 3.8) is 0 Å². The lowest BCUT2D eigenvalue weighted by molar-refractivity contribution is -0.389. The third kappa shape index (κ3) is 2.71. The van der Waals surface area contributed by atoms with Crippen LogP contribution in [0.5, 0.6) is 6.01 Å². The molecule has 2 aromatic rings. The van der Waals surface area contributed by atoms with E-state index in [1.807, 2.05) is 19.1 Å². The van der Waals surface area contributed by atoms with Crippen LogP contribution in [0, 0.1) is 10.1 Å². The fraction of sp³-hybridized carbons (Fsp3) is 0.467. The number of halogens is 1. The van der Waals surface area contributed by atoms with Gasteiger partial charge in [-0.05, 0) is 23.5 Å². The Kier molecular flexibility index (Phi) is 3.47. The molecule has 9 heteroatoms. The molecule has 8 nitrogen and oxygen atoms in total. The van der Waals surface area contributed by atoms with Crippen molar-refractivity contribution >= 4 is 17.4 Å². The predicted molar refractivity (Wildman–Crippen MR) is 86.1 cm³/mol. The number of imidazole rings is 1. The molecule has 1 atom stereocenters. The van der Waals surface area contributed by atoms with Gasteiger partial charge < -0.3 is 14.9 Å². The van der Waals surface area contributed by atoms with E-state index in [1.54, 1.807) is 4.57 Å². The van der Waals surface area contributed by atoms with Gasteiger partial charge in [-0.15, -0.1) is 0 Å². The van der Waals surface area contributed by atoms with Crippen molar-refractivity contribution < 1.29 is 9.66 Å². The zero-order valence-corrected chi connectivity index (χ0v) is 13.9. The van der Waals surface area contributed by atoms with Crippen LogP contribution in [0.4, 0.5) is 5.82 Å². The molecule has 2 aliphatic rings. The van der Waals surface area contributed by atoms with Gasteiger partial charge in [0, 0.05) is 36.7 Å². The van der Waals surface area contributed by atoms with E-state index in [0.717, 1.165) is 25.2 Å². The standard InChI is InChI=1S/C15H16ClN5O3/c1-15(9-20-7-13(21(22)23)18-14(20)24-15)8-19-5-4-11-10(6-19)2-3-12(16)17-11/h2-3,7H,4-6,8-9H2,1H3/t15-/m0/s1. The molecule has 2 aromatic heterocycles. The van der Waals surface area contributed by atoms with Gasteiger partial charge in [-0.1, -0.05) is 17.7 Å². The van der Waals surface area contributed by atoms with Crippen molar-refractivity contribution in [2.75, 3.05) is 13.1 Å². The van der Waals surface area contributed by atoms with Crippen LogP contribution in [0.25, 0.3) is 0 Å². The number of hydrogen-bond acceptors (Lipinski definition) is 6. The lowest BCUT2D eigenvalue weighted by Crippen LogP contribution is -2.46. The van der Waals surface area contributed by atoms with Crippen molar-refractivity contribution in [1.29, 1.82) is 0 Å². The van der Waals surface area contributed by atoms with Gasteiger partial charge >= 0.3 is 11.8 Å². The highest BCUT2D eigenvalue weighted by molar-refractivity contribution is 6.29. The summed E-state index contributed by atoms with van der Waals surface area (Å²) in [6.07, 6.45) is 2.28. The molecule has 0 bridgehead atoms. The van der Waals surface area contributed by atoms with Gasteiger partial charge in [0.2, 0.25) is 0 Å². The van der Waals surface area contributed by atoms with Crippen LogP contribution in [-0.2, 0) is 19.5 Å². The highest BCUT2D eigenvalue weighted by Gasteiger charge is 2.41. The Bertz CT molecular complexity index is 798. The van der Waals surface area contributed by atoms with E-state index in [4.69, 9.17) is 16.3 Å². The van der Waals surface area contributed by atoms with Gasteiger partial charge in [-0.3, -0.25) is 9.47 Å². The van der Waals surface area contributed by atoms with Crippen molar-refractivity contribution in [3.8, 4) is 6.01 Å². The molecule has 0 aliphatic carbocycles. The van der Waals surface area contributed by atoms with Gasteiger partial charge in [0.15, 0.2) is 0 Å². The summed E-state index contributed by atoms with van der Waals surface area (Å²) < 4.78 is 7.61. The Morgan fingerprint density at radius 1 is 1.46 bits per heavy atom. The summed E-state index contributed by atoms with van der Waals surface area (Å²) in [5, 5.41) is 11.3. The van der Waals surface area contributed by atoms with Gasteiger partial charge in [-0.2, -0.15) is 0 Å². The summed E-state index contributed by atoms with van der Waals surface area (Å²) in [6, 6.07) is 4.14. The summed E-state index contributed by atoms with van der Waals surface area (Å²) in [7, 11) is 0. The lowest BCUT2D eigenvalue weighted by Gasteiger charge is -2.33. The zero-order valence-electron chi connectivity index (χ0n) is 13.1. The van der Waals surface area contributed by atoms with E-state index in [-0.39, 0.29) is 5.82 Å². The molecular weight excluding hydrogens is 334 g/mol. The average molecular weight is 350 g/mol. The molecular formula is C15H16ClN5O3. The SMILES string of the molecule is C[C@]1(CN2CCc3nc(Cl)ccc3C2)Cn2cc([N+](=O)[O-])nc2O1. The Balaban J connectivity index is 1.45. The smallest absolute Gasteiger partial charge is 0.415 e. The first kappa shape index (κ1) is 15.3. The Morgan fingerprint density at radius 2 is 2.29 bits per heavy atom. The Labute approximate surface area is 143 Å². The van der Waals surface area contributed by atoms with Crippen LogP contribution in [0.1, 0.15) is 18.2 Å². The number of ether oxygens (including phenoxy) is 1. The minimum atomic E-state index is -0.508. The highest BCUT2D eigenvalue weighted by Crippen LogP contribution is 2.32.